The Hall–Kier alpha value is -0.720. The zero-order chi connectivity index (χ0) is 18.6. The highest BCUT2D eigenvalue weighted by Gasteiger charge is 2.42. The largest absolute Gasteiger partial charge is 0.321 e. The fourth-order valence-corrected chi connectivity index (χ4v) is 4.50. The van der Waals surface area contributed by atoms with Gasteiger partial charge in [-0.15, -0.1) is 11.6 Å². The van der Waals surface area contributed by atoms with Crippen molar-refractivity contribution in [3.63, 3.8) is 0 Å². The summed E-state index contributed by atoms with van der Waals surface area (Å²) < 4.78 is 0. The number of anilines is 1. The minimum Gasteiger partial charge on any atom is -0.310 e. The van der Waals surface area contributed by atoms with Crippen molar-refractivity contribution >= 4 is 46.5 Å². The Bertz CT molecular complexity index is 635. The van der Waals surface area contributed by atoms with Gasteiger partial charge in [0.15, 0.2) is 0 Å². The minimum absolute atomic E-state index is 0.0559. The molecule has 2 unspecified atom stereocenters. The predicted octanol–water partition coefficient (Wildman–Crippen LogP) is 4.89. The molecule has 1 saturated heterocycles. The van der Waals surface area contributed by atoms with Crippen LogP contribution in [0.25, 0.3) is 0 Å². The Balaban J connectivity index is 1.53. The first-order chi connectivity index (χ1) is 12.5. The number of nitrogens with one attached hydrogen (secondary N) is 4. The lowest BCUT2D eigenvalue weighted by atomic mass is 9.75. The first-order valence-corrected chi connectivity index (χ1v) is 10.3. The van der Waals surface area contributed by atoms with Crippen LogP contribution in [0.1, 0.15) is 44.9 Å². The van der Waals surface area contributed by atoms with Gasteiger partial charge in [0.1, 0.15) is 6.29 Å². The summed E-state index contributed by atoms with van der Waals surface area (Å²) in [5, 5.41) is 13.1. The van der Waals surface area contributed by atoms with E-state index in [-0.39, 0.29) is 23.2 Å². The zero-order valence-electron chi connectivity index (χ0n) is 14.6. The molecule has 1 aliphatic heterocycles. The molecule has 26 heavy (non-hydrogen) atoms. The number of amides is 2. The van der Waals surface area contributed by atoms with E-state index in [1.165, 1.54) is 32.1 Å². The molecular weight excluding hydrogens is 395 g/mol. The smallest absolute Gasteiger partial charge is 0.310 e. The summed E-state index contributed by atoms with van der Waals surface area (Å²) >= 11 is 18.6. The molecule has 8 heteroatoms. The van der Waals surface area contributed by atoms with Gasteiger partial charge in [0.25, 0.3) is 0 Å². The SMILES string of the molecule is O=C(Nc1ccc(Cl)c(Cl)c1)NC1NCC2(CCCCCCC2)C(Cl)N1. The Morgan fingerprint density at radius 3 is 2.42 bits per heavy atom. The predicted molar refractivity (Wildman–Crippen MR) is 108 cm³/mol. The van der Waals surface area contributed by atoms with Crippen molar-refractivity contribution in [3.05, 3.63) is 28.2 Å². The number of hydrogen-bond acceptors (Lipinski definition) is 3. The monoisotopic (exact) mass is 418 g/mol. The fourth-order valence-electron chi connectivity index (χ4n) is 3.78. The number of urea groups is 1. The molecule has 2 atom stereocenters. The molecule has 144 valence electrons. The van der Waals surface area contributed by atoms with Crippen LogP contribution in [0, 0.1) is 5.41 Å². The first-order valence-electron chi connectivity index (χ1n) is 9.15. The van der Waals surface area contributed by atoms with Crippen molar-refractivity contribution in [2.75, 3.05) is 11.9 Å². The van der Waals surface area contributed by atoms with Crippen molar-refractivity contribution in [1.29, 1.82) is 0 Å². The highest BCUT2D eigenvalue weighted by atomic mass is 35.5. The van der Waals surface area contributed by atoms with E-state index in [1.54, 1.807) is 18.2 Å². The van der Waals surface area contributed by atoms with Crippen LogP contribution in [0.4, 0.5) is 10.5 Å². The molecule has 1 saturated carbocycles. The topological polar surface area (TPSA) is 65.2 Å². The van der Waals surface area contributed by atoms with Gasteiger partial charge in [0, 0.05) is 17.6 Å². The molecule has 2 fully saturated rings. The summed E-state index contributed by atoms with van der Waals surface area (Å²) in [6.07, 6.45) is 8.15. The van der Waals surface area contributed by atoms with Crippen LogP contribution in [0.3, 0.4) is 0 Å². The van der Waals surface area contributed by atoms with Crippen LogP contribution < -0.4 is 21.3 Å². The van der Waals surface area contributed by atoms with E-state index in [1.807, 2.05) is 0 Å². The number of benzene rings is 1. The van der Waals surface area contributed by atoms with Crippen molar-refractivity contribution in [2.45, 2.75) is 56.7 Å². The second kappa shape index (κ2) is 8.98. The molecule has 0 radical (unpaired) electrons. The molecule has 5 nitrogen and oxygen atoms in total. The Morgan fingerprint density at radius 1 is 1.08 bits per heavy atom. The van der Waals surface area contributed by atoms with Gasteiger partial charge in [0.2, 0.25) is 0 Å². The van der Waals surface area contributed by atoms with Gasteiger partial charge in [-0.2, -0.15) is 0 Å². The summed E-state index contributed by atoms with van der Waals surface area (Å²) in [5.41, 5.74) is 0.462. The molecule has 1 aromatic rings. The van der Waals surface area contributed by atoms with Gasteiger partial charge in [-0.25, -0.2) is 4.79 Å². The highest BCUT2D eigenvalue weighted by Crippen LogP contribution is 2.40. The number of hydrogen-bond donors (Lipinski definition) is 4. The van der Waals surface area contributed by atoms with Crippen LogP contribution >= 0.6 is 34.8 Å². The van der Waals surface area contributed by atoms with Crippen LogP contribution in [-0.2, 0) is 0 Å². The number of alkyl halides is 1. The van der Waals surface area contributed by atoms with Crippen molar-refractivity contribution in [3.8, 4) is 0 Å². The number of rotatable bonds is 2. The Kier molecular flexibility index (Phi) is 6.92. The van der Waals surface area contributed by atoms with Crippen molar-refractivity contribution in [1.82, 2.24) is 16.0 Å². The fraction of sp³-hybridized carbons (Fsp3) is 0.611. The van der Waals surface area contributed by atoms with E-state index >= 15 is 0 Å². The molecule has 2 amide bonds. The highest BCUT2D eigenvalue weighted by molar-refractivity contribution is 6.42. The maximum Gasteiger partial charge on any atom is 0.321 e. The molecule has 0 bridgehead atoms. The van der Waals surface area contributed by atoms with Crippen LogP contribution in [0.5, 0.6) is 0 Å². The average Bonchev–Trinajstić information content (AvgIpc) is 2.57. The third-order valence-corrected chi connectivity index (χ3v) is 6.64. The summed E-state index contributed by atoms with van der Waals surface area (Å²) in [4.78, 5) is 12.2. The number of carbonyl (C=O) groups is 1. The lowest BCUT2D eigenvalue weighted by molar-refractivity contribution is 0.108. The molecule has 1 aromatic carbocycles. The minimum atomic E-state index is -0.378. The molecule has 3 rings (SSSR count). The van der Waals surface area contributed by atoms with Gasteiger partial charge < -0.3 is 10.6 Å². The second-order valence-corrected chi connectivity index (χ2v) is 8.45. The van der Waals surface area contributed by atoms with E-state index in [2.05, 4.69) is 21.3 Å². The standard InChI is InChI=1S/C18H25Cl3N4O/c19-13-7-6-12(10-14(13)20)23-17(26)25-16-22-11-18(15(21)24-16)8-4-2-1-3-5-9-18/h6-7,10,15-16,22,24H,1-5,8-9,11H2,(H2,23,25,26). The molecule has 1 aliphatic carbocycles. The van der Waals surface area contributed by atoms with Crippen molar-refractivity contribution in [2.24, 2.45) is 5.41 Å². The molecule has 2 aliphatic rings. The lowest BCUT2D eigenvalue weighted by Crippen LogP contribution is -2.67. The Labute approximate surface area is 169 Å². The quantitative estimate of drug-likeness (QED) is 0.408. The zero-order valence-corrected chi connectivity index (χ0v) is 16.9. The molecule has 1 heterocycles. The van der Waals surface area contributed by atoms with Gasteiger partial charge in [-0.05, 0) is 31.0 Å². The van der Waals surface area contributed by atoms with Crippen LogP contribution in [-0.4, -0.2) is 24.4 Å². The van der Waals surface area contributed by atoms with Gasteiger partial charge in [-0.3, -0.25) is 10.6 Å². The van der Waals surface area contributed by atoms with E-state index < -0.39 is 0 Å². The van der Waals surface area contributed by atoms with Crippen LogP contribution in [0.2, 0.25) is 10.0 Å². The van der Waals surface area contributed by atoms with Crippen molar-refractivity contribution < 1.29 is 4.79 Å². The summed E-state index contributed by atoms with van der Waals surface area (Å²) in [5.74, 6) is 0. The second-order valence-electron chi connectivity index (χ2n) is 7.20. The normalized spacial score (nSPS) is 26.0. The van der Waals surface area contributed by atoms with E-state index in [9.17, 15) is 4.79 Å². The summed E-state index contributed by atoms with van der Waals surface area (Å²) in [6, 6.07) is 4.61. The molecule has 4 N–H and O–H groups in total. The number of halogens is 3. The van der Waals surface area contributed by atoms with Gasteiger partial charge >= 0.3 is 6.03 Å². The molecular formula is C18H25Cl3N4O. The lowest BCUT2D eigenvalue weighted by Gasteiger charge is -2.46. The van der Waals surface area contributed by atoms with Crippen LogP contribution in [0.15, 0.2) is 18.2 Å². The van der Waals surface area contributed by atoms with E-state index in [4.69, 9.17) is 34.8 Å². The Morgan fingerprint density at radius 2 is 1.77 bits per heavy atom. The average molecular weight is 420 g/mol. The third kappa shape index (κ3) is 4.96. The van der Waals surface area contributed by atoms with E-state index in [0.29, 0.717) is 15.7 Å². The van der Waals surface area contributed by atoms with Gasteiger partial charge in [0.05, 0.1) is 15.5 Å². The first kappa shape index (κ1) is 20.0. The third-order valence-electron chi connectivity index (χ3n) is 5.31. The number of carbonyl (C=O) groups excluding carboxylic acids is 1. The molecule has 1 spiro atoms. The maximum absolute atomic E-state index is 12.2. The molecule has 0 aromatic heterocycles. The van der Waals surface area contributed by atoms with E-state index in [0.717, 1.165) is 19.4 Å². The maximum atomic E-state index is 12.2. The van der Waals surface area contributed by atoms with Gasteiger partial charge in [-0.1, -0.05) is 55.3 Å². The summed E-state index contributed by atoms with van der Waals surface area (Å²) in [6.45, 7) is 0.798. The summed E-state index contributed by atoms with van der Waals surface area (Å²) in [7, 11) is 0.